The smallest absolute Gasteiger partial charge is 0.329 e. The van der Waals surface area contributed by atoms with Crippen molar-refractivity contribution in [3.8, 4) is 5.75 Å². The molecule has 142 valence electrons. The van der Waals surface area contributed by atoms with E-state index < -0.39 is 5.54 Å². The molecule has 3 amide bonds. The molecule has 1 aromatic carbocycles. The van der Waals surface area contributed by atoms with E-state index in [2.05, 4.69) is 5.32 Å². The van der Waals surface area contributed by atoms with E-state index in [1.807, 2.05) is 19.2 Å². The number of nitrogens with zero attached hydrogens (tertiary/aromatic N) is 1. The summed E-state index contributed by atoms with van der Waals surface area (Å²) < 4.78 is 5.39. The molecule has 1 atom stereocenters. The summed E-state index contributed by atoms with van der Waals surface area (Å²) in [4.78, 5) is 27.9. The van der Waals surface area contributed by atoms with Gasteiger partial charge >= 0.3 is 6.03 Å². The predicted molar refractivity (Wildman–Crippen MR) is 99.3 cm³/mol. The molecule has 1 aliphatic heterocycles. The monoisotopic (exact) mass is 380 g/mol. The molecule has 7 heteroatoms. The van der Waals surface area contributed by atoms with Crippen molar-refractivity contribution in [3.05, 3.63) is 28.8 Å². The van der Waals surface area contributed by atoms with Crippen molar-refractivity contribution in [1.29, 1.82) is 0 Å². The Balaban J connectivity index is 1.69. The fourth-order valence-corrected chi connectivity index (χ4v) is 4.22. The summed E-state index contributed by atoms with van der Waals surface area (Å²) in [5.41, 5.74) is 0.274. The molecule has 3 rings (SSSR count). The summed E-state index contributed by atoms with van der Waals surface area (Å²) in [6.45, 7) is 0.926. The van der Waals surface area contributed by atoms with Crippen LogP contribution in [0, 0.1) is 0 Å². The van der Waals surface area contributed by atoms with Crippen LogP contribution < -0.4 is 15.0 Å². The topological polar surface area (TPSA) is 63.1 Å². The number of amides is 3. The summed E-state index contributed by atoms with van der Waals surface area (Å²) in [5.74, 6) is 0.688. The number of carbonyl (C=O) groups excluding carboxylic acids is 2. The Hall–Kier alpha value is -1.79. The first-order valence-corrected chi connectivity index (χ1v) is 9.61. The molecule has 1 saturated heterocycles. The summed E-state index contributed by atoms with van der Waals surface area (Å²) in [6, 6.07) is 5.21. The zero-order valence-corrected chi connectivity index (χ0v) is 16.2. The Kier molecular flexibility index (Phi) is 5.73. The van der Waals surface area contributed by atoms with Crippen LogP contribution >= 0.6 is 11.6 Å². The standard InChI is InChI=1S/C19H26ClN3O3/c1-22(12-14-11-15(20)7-8-16(14)26-2)13-23-17(24)19(21-18(23)25)9-5-3-4-6-10-19/h7-8,11H,3-6,9-10,12-13H2,1-2H3,(H,21,25)/p+1. The number of hydrogen-bond donors (Lipinski definition) is 2. The minimum atomic E-state index is -0.679. The lowest BCUT2D eigenvalue weighted by molar-refractivity contribution is -0.901. The number of carbonyl (C=O) groups is 2. The summed E-state index contributed by atoms with van der Waals surface area (Å²) in [6.07, 6.45) is 5.73. The highest BCUT2D eigenvalue weighted by Gasteiger charge is 2.51. The molecular weight excluding hydrogens is 354 g/mol. The minimum Gasteiger partial charge on any atom is -0.496 e. The molecule has 0 aromatic heterocycles. The second-order valence-corrected chi connectivity index (χ2v) is 7.84. The van der Waals surface area contributed by atoms with E-state index in [-0.39, 0.29) is 11.9 Å². The van der Waals surface area contributed by atoms with Crippen LogP contribution in [0.5, 0.6) is 5.75 Å². The van der Waals surface area contributed by atoms with Crippen molar-refractivity contribution >= 4 is 23.5 Å². The van der Waals surface area contributed by atoms with Gasteiger partial charge in [-0.1, -0.05) is 37.3 Å². The number of methoxy groups -OCH3 is 1. The number of quaternary nitrogens is 1. The van der Waals surface area contributed by atoms with Crippen molar-refractivity contribution in [1.82, 2.24) is 10.2 Å². The number of hydrogen-bond acceptors (Lipinski definition) is 3. The highest BCUT2D eigenvalue weighted by atomic mass is 35.5. The van der Waals surface area contributed by atoms with Gasteiger partial charge in [-0.3, -0.25) is 4.79 Å². The van der Waals surface area contributed by atoms with E-state index >= 15 is 0 Å². The largest absolute Gasteiger partial charge is 0.496 e. The lowest BCUT2D eigenvalue weighted by Gasteiger charge is -2.25. The van der Waals surface area contributed by atoms with Gasteiger partial charge in [0.25, 0.3) is 5.91 Å². The molecule has 26 heavy (non-hydrogen) atoms. The molecule has 1 heterocycles. The quantitative estimate of drug-likeness (QED) is 0.768. The van der Waals surface area contributed by atoms with Gasteiger partial charge in [-0.25, -0.2) is 9.69 Å². The number of rotatable bonds is 5. The van der Waals surface area contributed by atoms with Crippen LogP contribution in [0.25, 0.3) is 0 Å². The Labute approximate surface area is 159 Å². The lowest BCUT2D eigenvalue weighted by Crippen LogP contribution is -3.09. The molecule has 1 aromatic rings. The number of nitrogens with one attached hydrogen (secondary N) is 2. The van der Waals surface area contributed by atoms with Gasteiger partial charge in [-0.05, 0) is 31.0 Å². The zero-order chi connectivity index (χ0) is 18.7. The Morgan fingerprint density at radius 2 is 1.92 bits per heavy atom. The van der Waals surface area contributed by atoms with Crippen LogP contribution in [-0.4, -0.2) is 43.2 Å². The van der Waals surface area contributed by atoms with Crippen molar-refractivity contribution in [2.24, 2.45) is 0 Å². The summed E-state index contributed by atoms with van der Waals surface area (Å²) >= 11 is 6.09. The van der Waals surface area contributed by atoms with E-state index in [1.165, 1.54) is 4.90 Å². The number of imide groups is 1. The molecule has 1 aliphatic carbocycles. The molecule has 2 N–H and O–H groups in total. The highest BCUT2D eigenvalue weighted by molar-refractivity contribution is 6.30. The molecule has 0 radical (unpaired) electrons. The predicted octanol–water partition coefficient (Wildman–Crippen LogP) is 1.97. The lowest BCUT2D eigenvalue weighted by atomic mass is 9.90. The Bertz CT molecular complexity index is 687. The minimum absolute atomic E-state index is 0.0678. The first-order valence-electron chi connectivity index (χ1n) is 9.23. The maximum atomic E-state index is 13.0. The molecule has 6 nitrogen and oxygen atoms in total. The molecule has 1 saturated carbocycles. The fraction of sp³-hybridized carbons (Fsp3) is 0.579. The van der Waals surface area contributed by atoms with E-state index in [9.17, 15) is 9.59 Å². The molecule has 1 spiro atoms. The first-order chi connectivity index (χ1) is 12.4. The van der Waals surface area contributed by atoms with Gasteiger partial charge in [-0.2, -0.15) is 0 Å². The fourth-order valence-electron chi connectivity index (χ4n) is 4.03. The molecule has 0 bridgehead atoms. The van der Waals surface area contributed by atoms with Gasteiger partial charge < -0.3 is 15.0 Å². The zero-order valence-electron chi connectivity index (χ0n) is 15.4. The first kappa shape index (κ1) is 19.0. The molecule has 2 fully saturated rings. The maximum absolute atomic E-state index is 13.0. The van der Waals surface area contributed by atoms with Gasteiger partial charge in [0, 0.05) is 10.6 Å². The molecule has 2 aliphatic rings. The average molecular weight is 381 g/mol. The van der Waals surface area contributed by atoms with E-state index in [0.717, 1.165) is 54.7 Å². The van der Waals surface area contributed by atoms with Gasteiger partial charge in [0.1, 0.15) is 17.8 Å². The van der Waals surface area contributed by atoms with E-state index in [4.69, 9.17) is 16.3 Å². The Morgan fingerprint density at radius 1 is 1.23 bits per heavy atom. The maximum Gasteiger partial charge on any atom is 0.329 e. The van der Waals surface area contributed by atoms with Crippen LogP contribution in [0.1, 0.15) is 44.1 Å². The van der Waals surface area contributed by atoms with Gasteiger partial charge in [0.2, 0.25) is 0 Å². The van der Waals surface area contributed by atoms with Gasteiger partial charge in [0.05, 0.1) is 14.2 Å². The van der Waals surface area contributed by atoms with E-state index in [1.54, 1.807) is 13.2 Å². The highest BCUT2D eigenvalue weighted by Crippen LogP contribution is 2.32. The number of benzene rings is 1. The third kappa shape index (κ3) is 3.81. The summed E-state index contributed by atoms with van der Waals surface area (Å²) in [7, 11) is 3.58. The average Bonchev–Trinajstić information content (AvgIpc) is 2.77. The van der Waals surface area contributed by atoms with Gasteiger partial charge in [0.15, 0.2) is 6.67 Å². The van der Waals surface area contributed by atoms with Crippen LogP contribution in [0.3, 0.4) is 0 Å². The van der Waals surface area contributed by atoms with Crippen LogP contribution in [0.2, 0.25) is 5.02 Å². The SMILES string of the molecule is COc1ccc(Cl)cc1C[NH+](C)CN1C(=O)NC2(CCCCCC2)C1=O. The number of halogens is 1. The third-order valence-electron chi connectivity index (χ3n) is 5.37. The number of urea groups is 1. The van der Waals surface area contributed by atoms with E-state index in [0.29, 0.717) is 18.2 Å². The van der Waals surface area contributed by atoms with Crippen LogP contribution in [0.15, 0.2) is 18.2 Å². The molecular formula is C19H27ClN3O3+. The van der Waals surface area contributed by atoms with Crippen molar-refractivity contribution in [2.75, 3.05) is 20.8 Å². The number of ether oxygens (including phenoxy) is 1. The normalized spacial score (nSPS) is 20.8. The van der Waals surface area contributed by atoms with Crippen LogP contribution in [0.4, 0.5) is 4.79 Å². The third-order valence-corrected chi connectivity index (χ3v) is 5.60. The second-order valence-electron chi connectivity index (χ2n) is 7.41. The van der Waals surface area contributed by atoms with Crippen LogP contribution in [-0.2, 0) is 11.3 Å². The second kappa shape index (κ2) is 7.84. The molecule has 1 unspecified atom stereocenters. The van der Waals surface area contributed by atoms with Gasteiger partial charge in [-0.15, -0.1) is 0 Å². The van der Waals surface area contributed by atoms with Crippen molar-refractivity contribution in [2.45, 2.75) is 50.6 Å². The van der Waals surface area contributed by atoms with Crippen molar-refractivity contribution < 1.29 is 19.2 Å². The summed E-state index contributed by atoms with van der Waals surface area (Å²) in [5, 5.41) is 3.63. The Morgan fingerprint density at radius 3 is 2.58 bits per heavy atom. The van der Waals surface area contributed by atoms with Crippen molar-refractivity contribution in [3.63, 3.8) is 0 Å².